The summed E-state index contributed by atoms with van der Waals surface area (Å²) < 4.78 is 4.98. The van der Waals surface area contributed by atoms with E-state index in [9.17, 15) is 0 Å². The number of nitrogens with zero attached hydrogens (tertiary/aromatic N) is 1. The first kappa shape index (κ1) is 8.32. The Hall–Kier alpha value is -1.28. The van der Waals surface area contributed by atoms with E-state index in [4.69, 9.17) is 16.1 Å². The van der Waals surface area contributed by atoms with Gasteiger partial charge in [0, 0.05) is 17.5 Å². The lowest BCUT2D eigenvalue weighted by Gasteiger charge is -1.97. The summed E-state index contributed by atoms with van der Waals surface area (Å²) in [6, 6.07) is 9.55. The topological polar surface area (TPSA) is 26.0 Å². The third kappa shape index (κ3) is 2.10. The predicted molar refractivity (Wildman–Crippen MR) is 50.8 cm³/mol. The lowest BCUT2D eigenvalue weighted by molar-refractivity contribution is 0.389. The molecular formula is C10H8ClNO. The lowest BCUT2D eigenvalue weighted by atomic mass is 10.1. The molecule has 0 aliphatic carbocycles. The standard InChI is InChI=1S/C10H8ClNO/c11-9-3-1-2-8(6-9)7-10-4-5-12-13-10/h1-6H,7H2. The van der Waals surface area contributed by atoms with E-state index in [1.807, 2.05) is 30.3 Å². The monoisotopic (exact) mass is 193 g/mol. The van der Waals surface area contributed by atoms with Crippen LogP contribution in [0.1, 0.15) is 11.3 Å². The van der Waals surface area contributed by atoms with E-state index < -0.39 is 0 Å². The molecule has 0 fully saturated rings. The highest BCUT2D eigenvalue weighted by Crippen LogP contribution is 2.14. The molecule has 13 heavy (non-hydrogen) atoms. The Labute approximate surface area is 81.1 Å². The van der Waals surface area contributed by atoms with Crippen molar-refractivity contribution in [3.8, 4) is 0 Å². The molecule has 0 bridgehead atoms. The first-order valence-electron chi connectivity index (χ1n) is 3.98. The average molecular weight is 194 g/mol. The van der Waals surface area contributed by atoms with Crippen LogP contribution in [0.4, 0.5) is 0 Å². The molecule has 0 atom stereocenters. The molecule has 1 aromatic heterocycles. The van der Waals surface area contributed by atoms with Crippen LogP contribution in [0.25, 0.3) is 0 Å². The van der Waals surface area contributed by atoms with Gasteiger partial charge in [-0.15, -0.1) is 0 Å². The fourth-order valence-electron chi connectivity index (χ4n) is 1.18. The molecule has 0 saturated carbocycles. The second-order valence-corrected chi connectivity index (χ2v) is 3.22. The van der Waals surface area contributed by atoms with E-state index in [-0.39, 0.29) is 0 Å². The Morgan fingerprint density at radius 3 is 2.92 bits per heavy atom. The molecule has 2 nitrogen and oxygen atoms in total. The molecule has 0 aliphatic rings. The number of halogens is 1. The third-order valence-corrected chi connectivity index (χ3v) is 1.99. The molecule has 1 heterocycles. The maximum atomic E-state index is 5.84. The summed E-state index contributed by atoms with van der Waals surface area (Å²) in [7, 11) is 0. The normalized spacial score (nSPS) is 10.2. The molecule has 1 aromatic carbocycles. The highest BCUT2D eigenvalue weighted by atomic mass is 35.5. The van der Waals surface area contributed by atoms with E-state index in [1.54, 1.807) is 6.20 Å². The zero-order valence-electron chi connectivity index (χ0n) is 6.90. The van der Waals surface area contributed by atoms with Crippen molar-refractivity contribution in [3.05, 3.63) is 52.9 Å². The molecule has 0 amide bonds. The predicted octanol–water partition coefficient (Wildman–Crippen LogP) is 2.92. The van der Waals surface area contributed by atoms with Gasteiger partial charge < -0.3 is 4.52 Å². The molecule has 0 saturated heterocycles. The molecular weight excluding hydrogens is 186 g/mol. The minimum absolute atomic E-state index is 0.737. The van der Waals surface area contributed by atoms with Crippen LogP contribution in [-0.2, 0) is 6.42 Å². The quantitative estimate of drug-likeness (QED) is 0.733. The van der Waals surface area contributed by atoms with Gasteiger partial charge >= 0.3 is 0 Å². The highest BCUT2D eigenvalue weighted by Gasteiger charge is 1.99. The Morgan fingerprint density at radius 2 is 2.23 bits per heavy atom. The van der Waals surface area contributed by atoms with Gasteiger partial charge in [0.2, 0.25) is 0 Å². The van der Waals surface area contributed by atoms with E-state index in [2.05, 4.69) is 5.16 Å². The number of rotatable bonds is 2. The van der Waals surface area contributed by atoms with Crippen molar-refractivity contribution in [2.45, 2.75) is 6.42 Å². The van der Waals surface area contributed by atoms with Crippen LogP contribution in [0.5, 0.6) is 0 Å². The number of benzene rings is 1. The van der Waals surface area contributed by atoms with Crippen LogP contribution in [0.2, 0.25) is 5.02 Å². The molecule has 0 unspecified atom stereocenters. The Bertz CT molecular complexity index is 384. The van der Waals surface area contributed by atoms with Gasteiger partial charge in [0.25, 0.3) is 0 Å². The van der Waals surface area contributed by atoms with Crippen LogP contribution in [-0.4, -0.2) is 5.16 Å². The van der Waals surface area contributed by atoms with Crippen molar-refractivity contribution < 1.29 is 4.52 Å². The molecule has 2 rings (SSSR count). The van der Waals surface area contributed by atoms with Crippen LogP contribution >= 0.6 is 11.6 Å². The first-order valence-corrected chi connectivity index (χ1v) is 4.36. The maximum absolute atomic E-state index is 5.84. The van der Waals surface area contributed by atoms with Gasteiger partial charge in [-0.3, -0.25) is 0 Å². The summed E-state index contributed by atoms with van der Waals surface area (Å²) in [4.78, 5) is 0. The van der Waals surface area contributed by atoms with Crippen molar-refractivity contribution in [2.75, 3.05) is 0 Å². The molecule has 0 spiro atoms. The van der Waals surface area contributed by atoms with Gasteiger partial charge in [0.1, 0.15) is 5.76 Å². The summed E-state index contributed by atoms with van der Waals surface area (Å²) in [5, 5.41) is 4.38. The summed E-state index contributed by atoms with van der Waals surface area (Å²) in [6.07, 6.45) is 2.38. The minimum Gasteiger partial charge on any atom is -0.361 e. The first-order chi connectivity index (χ1) is 6.34. The average Bonchev–Trinajstić information content (AvgIpc) is 2.57. The van der Waals surface area contributed by atoms with Crippen molar-refractivity contribution in [2.24, 2.45) is 0 Å². The number of aromatic nitrogens is 1. The number of hydrogen-bond donors (Lipinski definition) is 0. The van der Waals surface area contributed by atoms with Gasteiger partial charge in [-0.2, -0.15) is 0 Å². The summed E-state index contributed by atoms with van der Waals surface area (Å²) in [6.45, 7) is 0. The van der Waals surface area contributed by atoms with E-state index >= 15 is 0 Å². The molecule has 0 radical (unpaired) electrons. The van der Waals surface area contributed by atoms with Crippen LogP contribution in [0, 0.1) is 0 Å². The van der Waals surface area contributed by atoms with E-state index in [1.165, 1.54) is 0 Å². The van der Waals surface area contributed by atoms with Crippen LogP contribution in [0.3, 0.4) is 0 Å². The largest absolute Gasteiger partial charge is 0.361 e. The Kier molecular flexibility index (Phi) is 2.32. The highest BCUT2D eigenvalue weighted by molar-refractivity contribution is 6.30. The van der Waals surface area contributed by atoms with Crippen LogP contribution < -0.4 is 0 Å². The molecule has 3 heteroatoms. The van der Waals surface area contributed by atoms with Crippen molar-refractivity contribution >= 4 is 11.6 Å². The molecule has 2 aromatic rings. The summed E-state index contributed by atoms with van der Waals surface area (Å²) in [5.41, 5.74) is 1.13. The molecule has 0 aliphatic heterocycles. The van der Waals surface area contributed by atoms with Gasteiger partial charge in [-0.1, -0.05) is 28.9 Å². The Balaban J connectivity index is 2.19. The van der Waals surface area contributed by atoms with Gasteiger partial charge in [-0.25, -0.2) is 0 Å². The third-order valence-electron chi connectivity index (χ3n) is 1.76. The molecule has 66 valence electrons. The van der Waals surface area contributed by atoms with E-state index in [0.29, 0.717) is 0 Å². The summed E-state index contributed by atoms with van der Waals surface area (Å²) >= 11 is 5.84. The van der Waals surface area contributed by atoms with Crippen molar-refractivity contribution in [1.82, 2.24) is 5.16 Å². The second kappa shape index (κ2) is 3.62. The van der Waals surface area contributed by atoms with Crippen molar-refractivity contribution in [1.29, 1.82) is 0 Å². The van der Waals surface area contributed by atoms with Gasteiger partial charge in [0.05, 0.1) is 6.20 Å². The van der Waals surface area contributed by atoms with Crippen molar-refractivity contribution in [3.63, 3.8) is 0 Å². The summed E-state index contributed by atoms with van der Waals surface area (Å²) in [5.74, 6) is 0.849. The van der Waals surface area contributed by atoms with Gasteiger partial charge in [-0.05, 0) is 17.7 Å². The minimum atomic E-state index is 0.737. The fraction of sp³-hybridized carbons (Fsp3) is 0.100. The maximum Gasteiger partial charge on any atom is 0.141 e. The SMILES string of the molecule is Clc1cccc(Cc2ccno2)c1. The number of hydrogen-bond acceptors (Lipinski definition) is 2. The van der Waals surface area contributed by atoms with E-state index in [0.717, 1.165) is 22.8 Å². The zero-order chi connectivity index (χ0) is 9.10. The lowest BCUT2D eigenvalue weighted by Crippen LogP contribution is -1.84. The van der Waals surface area contributed by atoms with Crippen LogP contribution in [0.15, 0.2) is 41.1 Å². The fourth-order valence-corrected chi connectivity index (χ4v) is 1.39. The smallest absolute Gasteiger partial charge is 0.141 e. The Morgan fingerprint density at radius 1 is 1.31 bits per heavy atom. The molecule has 0 N–H and O–H groups in total. The van der Waals surface area contributed by atoms with Gasteiger partial charge in [0.15, 0.2) is 0 Å². The second-order valence-electron chi connectivity index (χ2n) is 2.79. The zero-order valence-corrected chi connectivity index (χ0v) is 7.66.